The Morgan fingerprint density at radius 1 is 1.28 bits per heavy atom. The molecule has 0 heterocycles. The summed E-state index contributed by atoms with van der Waals surface area (Å²) in [6.07, 6.45) is 4.13. The molecule has 1 aromatic carbocycles. The van der Waals surface area contributed by atoms with E-state index < -0.39 is 5.97 Å². The molecule has 1 saturated carbocycles. The van der Waals surface area contributed by atoms with Crippen LogP contribution in [0.3, 0.4) is 0 Å². The van der Waals surface area contributed by atoms with Gasteiger partial charge in [-0.1, -0.05) is 37.6 Å². The second kappa shape index (κ2) is 5.53. The minimum Gasteiger partial charge on any atom is -0.481 e. The third-order valence-electron chi connectivity index (χ3n) is 3.82. The number of hydrogen-bond donors (Lipinski definition) is 2. The molecule has 0 unspecified atom stereocenters. The lowest BCUT2D eigenvalue weighted by molar-refractivity contribution is -0.136. The summed E-state index contributed by atoms with van der Waals surface area (Å²) in [5, 5.41) is 12.2. The first-order valence-corrected chi connectivity index (χ1v) is 6.58. The molecule has 1 aromatic rings. The predicted octanol–water partition coefficient (Wildman–Crippen LogP) is 2.59. The summed E-state index contributed by atoms with van der Waals surface area (Å²) < 4.78 is 0. The van der Waals surface area contributed by atoms with Crippen LogP contribution < -0.4 is 5.32 Å². The van der Waals surface area contributed by atoms with Gasteiger partial charge in [-0.2, -0.15) is 0 Å². The second-order valence-electron chi connectivity index (χ2n) is 5.65. The average molecular weight is 247 g/mol. The molecule has 0 atom stereocenters. The Morgan fingerprint density at radius 3 is 2.39 bits per heavy atom. The van der Waals surface area contributed by atoms with Crippen LogP contribution >= 0.6 is 0 Å². The van der Waals surface area contributed by atoms with Crippen molar-refractivity contribution in [2.24, 2.45) is 5.41 Å². The second-order valence-corrected chi connectivity index (χ2v) is 5.65. The minimum atomic E-state index is -0.779. The first-order valence-electron chi connectivity index (χ1n) is 6.58. The van der Waals surface area contributed by atoms with Gasteiger partial charge in [0.25, 0.3) is 0 Å². The van der Waals surface area contributed by atoms with Crippen LogP contribution in [0.15, 0.2) is 24.3 Å². The molecule has 3 heteroatoms. The smallest absolute Gasteiger partial charge is 0.307 e. The molecule has 1 aliphatic carbocycles. The van der Waals surface area contributed by atoms with Gasteiger partial charge in [-0.05, 0) is 29.4 Å². The van der Waals surface area contributed by atoms with E-state index in [-0.39, 0.29) is 6.42 Å². The van der Waals surface area contributed by atoms with Gasteiger partial charge in [0, 0.05) is 13.1 Å². The third-order valence-corrected chi connectivity index (χ3v) is 3.82. The van der Waals surface area contributed by atoms with E-state index in [4.69, 9.17) is 5.11 Å². The van der Waals surface area contributed by atoms with Crippen LogP contribution in [0.4, 0.5) is 0 Å². The maximum atomic E-state index is 10.6. The van der Waals surface area contributed by atoms with Gasteiger partial charge in [-0.25, -0.2) is 0 Å². The molecule has 0 saturated heterocycles. The predicted molar refractivity (Wildman–Crippen MR) is 71.4 cm³/mol. The summed E-state index contributed by atoms with van der Waals surface area (Å²) in [5.74, 6) is -0.779. The summed E-state index contributed by atoms with van der Waals surface area (Å²) in [4.78, 5) is 10.6. The van der Waals surface area contributed by atoms with E-state index in [1.54, 1.807) is 0 Å². The van der Waals surface area contributed by atoms with E-state index in [1.807, 2.05) is 24.3 Å². The number of carboxylic acid groups (broad SMARTS) is 1. The fraction of sp³-hybridized carbons (Fsp3) is 0.533. The SMILES string of the molecule is CC1(CNCc2ccc(CC(=O)O)cc2)CCC1. The van der Waals surface area contributed by atoms with Crippen LogP contribution in [0.2, 0.25) is 0 Å². The number of rotatable bonds is 6. The summed E-state index contributed by atoms with van der Waals surface area (Å²) in [6.45, 7) is 4.27. The molecule has 0 radical (unpaired) electrons. The first kappa shape index (κ1) is 13.1. The zero-order valence-electron chi connectivity index (χ0n) is 10.9. The number of aliphatic carboxylic acids is 1. The number of carbonyl (C=O) groups is 1. The highest BCUT2D eigenvalue weighted by molar-refractivity contribution is 5.70. The fourth-order valence-electron chi connectivity index (χ4n) is 2.42. The van der Waals surface area contributed by atoms with Gasteiger partial charge in [-0.15, -0.1) is 0 Å². The molecule has 0 amide bonds. The Hall–Kier alpha value is -1.35. The van der Waals surface area contributed by atoms with Crippen molar-refractivity contribution >= 4 is 5.97 Å². The van der Waals surface area contributed by atoms with Gasteiger partial charge in [0.05, 0.1) is 6.42 Å². The van der Waals surface area contributed by atoms with Gasteiger partial charge in [0.1, 0.15) is 0 Å². The molecule has 0 bridgehead atoms. The molecular formula is C15H21NO2. The summed E-state index contributed by atoms with van der Waals surface area (Å²) in [6, 6.07) is 7.81. The van der Waals surface area contributed by atoms with Crippen molar-refractivity contribution in [1.82, 2.24) is 5.32 Å². The van der Waals surface area contributed by atoms with Crippen molar-refractivity contribution in [3.05, 3.63) is 35.4 Å². The molecule has 1 aliphatic rings. The fourth-order valence-corrected chi connectivity index (χ4v) is 2.42. The lowest BCUT2D eigenvalue weighted by atomic mass is 9.70. The molecule has 0 spiro atoms. The molecule has 0 aromatic heterocycles. The van der Waals surface area contributed by atoms with Crippen molar-refractivity contribution in [1.29, 1.82) is 0 Å². The van der Waals surface area contributed by atoms with Crippen LogP contribution in [0, 0.1) is 5.41 Å². The van der Waals surface area contributed by atoms with Crippen molar-refractivity contribution < 1.29 is 9.90 Å². The Morgan fingerprint density at radius 2 is 1.89 bits per heavy atom. The van der Waals surface area contributed by atoms with E-state index >= 15 is 0 Å². The molecule has 2 rings (SSSR count). The zero-order valence-corrected chi connectivity index (χ0v) is 10.9. The number of carboxylic acids is 1. The standard InChI is InChI=1S/C15H21NO2/c1-15(7-2-8-15)11-16-10-13-5-3-12(4-6-13)9-14(17)18/h3-6,16H,2,7-11H2,1H3,(H,17,18). The van der Waals surface area contributed by atoms with Gasteiger partial charge in [0.15, 0.2) is 0 Å². The third kappa shape index (κ3) is 3.57. The Labute approximate surface area is 108 Å². The van der Waals surface area contributed by atoms with Gasteiger partial charge in [-0.3, -0.25) is 4.79 Å². The van der Waals surface area contributed by atoms with E-state index in [0.29, 0.717) is 5.41 Å². The highest BCUT2D eigenvalue weighted by Crippen LogP contribution is 2.39. The minimum absolute atomic E-state index is 0.103. The van der Waals surface area contributed by atoms with Crippen LogP contribution in [0.5, 0.6) is 0 Å². The summed E-state index contributed by atoms with van der Waals surface area (Å²) >= 11 is 0. The van der Waals surface area contributed by atoms with Gasteiger partial charge >= 0.3 is 5.97 Å². The van der Waals surface area contributed by atoms with Crippen molar-refractivity contribution in [2.75, 3.05) is 6.54 Å². The maximum Gasteiger partial charge on any atom is 0.307 e. The Balaban J connectivity index is 1.77. The number of hydrogen-bond acceptors (Lipinski definition) is 2. The molecule has 1 fully saturated rings. The Bertz CT molecular complexity index is 407. The molecule has 2 N–H and O–H groups in total. The van der Waals surface area contributed by atoms with Crippen LogP contribution in [-0.4, -0.2) is 17.6 Å². The van der Waals surface area contributed by atoms with E-state index in [9.17, 15) is 4.79 Å². The van der Waals surface area contributed by atoms with E-state index in [2.05, 4.69) is 12.2 Å². The quantitative estimate of drug-likeness (QED) is 0.812. The van der Waals surface area contributed by atoms with Crippen LogP contribution in [-0.2, 0) is 17.8 Å². The number of benzene rings is 1. The zero-order chi connectivity index (χ0) is 13.0. The van der Waals surface area contributed by atoms with Crippen molar-refractivity contribution in [2.45, 2.75) is 39.2 Å². The normalized spacial score (nSPS) is 17.2. The van der Waals surface area contributed by atoms with Crippen LogP contribution in [0.25, 0.3) is 0 Å². The maximum absolute atomic E-state index is 10.6. The highest BCUT2D eigenvalue weighted by atomic mass is 16.4. The number of nitrogens with one attached hydrogen (secondary N) is 1. The van der Waals surface area contributed by atoms with Crippen molar-refractivity contribution in [3.63, 3.8) is 0 Å². The van der Waals surface area contributed by atoms with Gasteiger partial charge < -0.3 is 10.4 Å². The average Bonchev–Trinajstić information content (AvgIpc) is 2.28. The van der Waals surface area contributed by atoms with Gasteiger partial charge in [0.2, 0.25) is 0 Å². The largest absolute Gasteiger partial charge is 0.481 e. The summed E-state index contributed by atoms with van der Waals surface area (Å²) in [7, 11) is 0. The van der Waals surface area contributed by atoms with Crippen LogP contribution in [0.1, 0.15) is 37.3 Å². The molecule has 18 heavy (non-hydrogen) atoms. The lowest BCUT2D eigenvalue weighted by Gasteiger charge is -2.38. The lowest BCUT2D eigenvalue weighted by Crippen LogP contribution is -2.36. The first-order chi connectivity index (χ1) is 8.57. The molecule has 98 valence electrons. The Kier molecular flexibility index (Phi) is 4.02. The topological polar surface area (TPSA) is 49.3 Å². The van der Waals surface area contributed by atoms with Crippen molar-refractivity contribution in [3.8, 4) is 0 Å². The molecular weight excluding hydrogens is 226 g/mol. The molecule has 3 nitrogen and oxygen atoms in total. The summed E-state index contributed by atoms with van der Waals surface area (Å²) in [5.41, 5.74) is 2.58. The van der Waals surface area contributed by atoms with E-state index in [0.717, 1.165) is 18.7 Å². The monoisotopic (exact) mass is 247 g/mol. The highest BCUT2D eigenvalue weighted by Gasteiger charge is 2.30. The van der Waals surface area contributed by atoms with E-state index in [1.165, 1.54) is 24.8 Å². The molecule has 0 aliphatic heterocycles.